The van der Waals surface area contributed by atoms with Crippen molar-refractivity contribution >= 4 is 81.3 Å². The minimum Gasteiger partial charge on any atom is -0.456 e. The van der Waals surface area contributed by atoms with E-state index < -0.39 is 0 Å². The van der Waals surface area contributed by atoms with Crippen molar-refractivity contribution in [1.29, 1.82) is 0 Å². The SMILES string of the molecule is c1ccc(-c2ccccc2N(c2ccc(-c3cccc4cc5c(cc34)sc3ccccc35)cc2)c2ccc3c(c2)oc2ccccc23)cc1. The Morgan fingerprint density at radius 1 is 0.388 bits per heavy atom. The molecule has 0 aliphatic heterocycles. The Kier molecular flexibility index (Phi) is 6.39. The quantitative estimate of drug-likeness (QED) is 0.186. The van der Waals surface area contributed by atoms with Crippen molar-refractivity contribution in [1.82, 2.24) is 0 Å². The van der Waals surface area contributed by atoms with Crippen molar-refractivity contribution in [3.8, 4) is 22.3 Å². The highest BCUT2D eigenvalue weighted by atomic mass is 32.1. The molecule has 230 valence electrons. The van der Waals surface area contributed by atoms with Gasteiger partial charge in [-0.1, -0.05) is 115 Å². The van der Waals surface area contributed by atoms with E-state index in [2.05, 4.69) is 169 Å². The number of furan rings is 1. The van der Waals surface area contributed by atoms with Gasteiger partial charge in [0, 0.05) is 53.9 Å². The number of rotatable bonds is 5. The van der Waals surface area contributed by atoms with Crippen LogP contribution in [-0.4, -0.2) is 0 Å². The topological polar surface area (TPSA) is 16.4 Å². The summed E-state index contributed by atoms with van der Waals surface area (Å²) in [6, 6.07) is 63.2. The van der Waals surface area contributed by atoms with Crippen LogP contribution in [0.2, 0.25) is 0 Å². The van der Waals surface area contributed by atoms with Crippen LogP contribution in [0.4, 0.5) is 17.1 Å². The van der Waals surface area contributed by atoms with E-state index in [4.69, 9.17) is 4.42 Å². The van der Waals surface area contributed by atoms with Gasteiger partial charge in [0.05, 0.1) is 5.69 Å². The summed E-state index contributed by atoms with van der Waals surface area (Å²) in [5.74, 6) is 0. The normalized spacial score (nSPS) is 11.7. The highest BCUT2D eigenvalue weighted by molar-refractivity contribution is 7.25. The summed E-state index contributed by atoms with van der Waals surface area (Å²) in [5, 5.41) is 7.44. The third-order valence-electron chi connectivity index (χ3n) is 9.66. The van der Waals surface area contributed by atoms with Gasteiger partial charge in [0.2, 0.25) is 0 Å². The average molecular weight is 644 g/mol. The first-order valence-electron chi connectivity index (χ1n) is 16.6. The molecule has 0 N–H and O–H groups in total. The third kappa shape index (κ3) is 4.62. The van der Waals surface area contributed by atoms with Gasteiger partial charge >= 0.3 is 0 Å². The predicted molar refractivity (Wildman–Crippen MR) is 210 cm³/mol. The molecule has 0 unspecified atom stereocenters. The van der Waals surface area contributed by atoms with Crippen molar-refractivity contribution < 1.29 is 4.42 Å². The van der Waals surface area contributed by atoms with E-state index in [9.17, 15) is 0 Å². The molecule has 0 amide bonds. The Hall–Kier alpha value is -6.16. The van der Waals surface area contributed by atoms with Gasteiger partial charge in [-0.05, 0) is 82.1 Å². The van der Waals surface area contributed by atoms with Crippen LogP contribution in [0.3, 0.4) is 0 Å². The van der Waals surface area contributed by atoms with Gasteiger partial charge in [-0.2, -0.15) is 0 Å². The molecule has 0 saturated carbocycles. The number of fused-ring (bicyclic) bond motifs is 7. The van der Waals surface area contributed by atoms with Gasteiger partial charge in [0.25, 0.3) is 0 Å². The van der Waals surface area contributed by atoms with Crippen molar-refractivity contribution in [2.24, 2.45) is 0 Å². The molecule has 10 rings (SSSR count). The van der Waals surface area contributed by atoms with E-state index in [-0.39, 0.29) is 0 Å². The summed E-state index contributed by atoms with van der Waals surface area (Å²) in [6.07, 6.45) is 0. The summed E-state index contributed by atoms with van der Waals surface area (Å²) in [4.78, 5) is 2.35. The van der Waals surface area contributed by atoms with Crippen molar-refractivity contribution in [2.75, 3.05) is 4.90 Å². The van der Waals surface area contributed by atoms with E-state index >= 15 is 0 Å². The molecule has 0 atom stereocenters. The van der Waals surface area contributed by atoms with Crippen LogP contribution in [0.25, 0.3) is 75.1 Å². The Balaban J connectivity index is 1.13. The Bertz CT molecular complexity index is 2830. The molecular formula is C46H29NOS. The first kappa shape index (κ1) is 27.9. The maximum atomic E-state index is 6.37. The predicted octanol–water partition coefficient (Wildman–Crippen LogP) is 13.9. The molecule has 0 bridgehead atoms. The molecule has 2 heterocycles. The zero-order chi connectivity index (χ0) is 32.3. The van der Waals surface area contributed by atoms with Gasteiger partial charge in [0.15, 0.2) is 0 Å². The fourth-order valence-electron chi connectivity index (χ4n) is 7.35. The highest BCUT2D eigenvalue weighted by Crippen LogP contribution is 2.44. The van der Waals surface area contributed by atoms with Crippen molar-refractivity contribution in [3.05, 3.63) is 176 Å². The van der Waals surface area contributed by atoms with Crippen LogP contribution in [0, 0.1) is 0 Å². The molecule has 3 heteroatoms. The monoisotopic (exact) mass is 643 g/mol. The smallest absolute Gasteiger partial charge is 0.137 e. The Morgan fingerprint density at radius 2 is 1.08 bits per heavy atom. The number of benzene rings is 8. The maximum Gasteiger partial charge on any atom is 0.137 e. The molecule has 0 spiro atoms. The van der Waals surface area contributed by atoms with E-state index in [0.717, 1.165) is 39.0 Å². The molecule has 8 aromatic carbocycles. The Morgan fingerprint density at radius 3 is 1.98 bits per heavy atom. The lowest BCUT2D eigenvalue weighted by Gasteiger charge is -2.28. The van der Waals surface area contributed by atoms with Crippen LogP contribution in [0.5, 0.6) is 0 Å². The van der Waals surface area contributed by atoms with Crippen molar-refractivity contribution in [3.63, 3.8) is 0 Å². The molecule has 0 aliphatic carbocycles. The standard InChI is InChI=1S/C46H29NOS/c1-2-11-30(12-3-1)36-14-4-7-18-42(36)47(34-25-26-38-37-15-5-8-19-43(37)48-44(38)28-34)33-23-21-31(22-24-33)35-17-10-13-32-27-41-39-16-6-9-20-45(39)49-46(41)29-40(32)35/h1-29H. The summed E-state index contributed by atoms with van der Waals surface area (Å²) < 4.78 is 9.02. The van der Waals surface area contributed by atoms with Crippen LogP contribution in [0.15, 0.2) is 180 Å². The number of thiophene rings is 1. The summed E-state index contributed by atoms with van der Waals surface area (Å²) in [7, 11) is 0. The molecule has 10 aromatic rings. The number of anilines is 3. The molecule has 2 nitrogen and oxygen atoms in total. The van der Waals surface area contributed by atoms with Gasteiger partial charge in [-0.15, -0.1) is 11.3 Å². The van der Waals surface area contributed by atoms with Gasteiger partial charge < -0.3 is 9.32 Å². The summed E-state index contributed by atoms with van der Waals surface area (Å²) in [6.45, 7) is 0. The molecule has 0 aliphatic rings. The lowest BCUT2D eigenvalue weighted by atomic mass is 9.96. The Labute approximate surface area is 287 Å². The lowest BCUT2D eigenvalue weighted by molar-refractivity contribution is 0.669. The number of para-hydroxylation sites is 2. The molecule has 0 radical (unpaired) electrons. The van der Waals surface area contributed by atoms with E-state index in [1.807, 2.05) is 23.5 Å². The molecule has 49 heavy (non-hydrogen) atoms. The second-order valence-electron chi connectivity index (χ2n) is 12.5. The van der Waals surface area contributed by atoms with E-state index in [1.54, 1.807) is 0 Å². The zero-order valence-corrected chi connectivity index (χ0v) is 27.3. The number of hydrogen-bond donors (Lipinski definition) is 0. The van der Waals surface area contributed by atoms with Crippen molar-refractivity contribution in [2.45, 2.75) is 0 Å². The molecule has 0 saturated heterocycles. The van der Waals surface area contributed by atoms with Gasteiger partial charge in [0.1, 0.15) is 11.2 Å². The van der Waals surface area contributed by atoms with Crippen LogP contribution in [0.1, 0.15) is 0 Å². The second-order valence-corrected chi connectivity index (χ2v) is 13.6. The van der Waals surface area contributed by atoms with Crippen LogP contribution >= 0.6 is 11.3 Å². The summed E-state index contributed by atoms with van der Waals surface area (Å²) in [5.41, 5.74) is 9.77. The first-order chi connectivity index (χ1) is 24.3. The maximum absolute atomic E-state index is 6.37. The fourth-order valence-corrected chi connectivity index (χ4v) is 8.48. The van der Waals surface area contributed by atoms with E-state index in [0.29, 0.717) is 0 Å². The molecule has 0 fully saturated rings. The minimum atomic E-state index is 0.876. The molecule has 2 aromatic heterocycles. The molecular weight excluding hydrogens is 615 g/mol. The largest absolute Gasteiger partial charge is 0.456 e. The number of hydrogen-bond acceptors (Lipinski definition) is 3. The highest BCUT2D eigenvalue weighted by Gasteiger charge is 2.19. The number of nitrogens with zero attached hydrogens (tertiary/aromatic N) is 1. The summed E-state index contributed by atoms with van der Waals surface area (Å²) >= 11 is 1.87. The fraction of sp³-hybridized carbons (Fsp3) is 0. The first-order valence-corrected chi connectivity index (χ1v) is 17.4. The van der Waals surface area contributed by atoms with Gasteiger partial charge in [-0.25, -0.2) is 0 Å². The van der Waals surface area contributed by atoms with Gasteiger partial charge in [-0.3, -0.25) is 0 Å². The zero-order valence-electron chi connectivity index (χ0n) is 26.5. The average Bonchev–Trinajstić information content (AvgIpc) is 3.72. The van der Waals surface area contributed by atoms with Crippen LogP contribution < -0.4 is 4.90 Å². The minimum absolute atomic E-state index is 0.876. The van der Waals surface area contributed by atoms with E-state index in [1.165, 1.54) is 53.2 Å². The second kappa shape index (κ2) is 11.2. The lowest BCUT2D eigenvalue weighted by Crippen LogP contribution is -2.11. The third-order valence-corrected chi connectivity index (χ3v) is 10.8. The van der Waals surface area contributed by atoms with Crippen LogP contribution in [-0.2, 0) is 0 Å².